The van der Waals surface area contributed by atoms with E-state index in [0.717, 1.165) is 11.1 Å². The molecule has 0 fully saturated rings. The molecule has 0 radical (unpaired) electrons. The number of ketones is 1. The Bertz CT molecular complexity index is 354. The van der Waals surface area contributed by atoms with Gasteiger partial charge in [-0.3, -0.25) is 4.79 Å². The Hall–Kier alpha value is -1.18. The second-order valence-electron chi connectivity index (χ2n) is 4.99. The molecule has 15 heavy (non-hydrogen) atoms. The number of rotatable bonds is 2. The highest BCUT2D eigenvalue weighted by Crippen LogP contribution is 2.18. The molecule has 2 heteroatoms. The maximum Gasteiger partial charge on any atom is 0.142 e. The van der Waals surface area contributed by atoms with Crippen molar-refractivity contribution in [3.8, 4) is 0 Å². The summed E-state index contributed by atoms with van der Waals surface area (Å²) >= 11 is 0. The van der Waals surface area contributed by atoms with Gasteiger partial charge >= 0.3 is 0 Å². The van der Waals surface area contributed by atoms with E-state index in [0.29, 0.717) is 6.42 Å². The Morgan fingerprint density at radius 1 is 1.27 bits per heavy atom. The van der Waals surface area contributed by atoms with Crippen molar-refractivity contribution in [2.75, 3.05) is 0 Å². The number of benzene rings is 1. The SMILES string of the molecule is Cc1cc(F)cc(CC(=O)C(C)(C)C)c1. The van der Waals surface area contributed by atoms with Crippen molar-refractivity contribution in [3.63, 3.8) is 0 Å². The third-order valence-electron chi connectivity index (χ3n) is 2.30. The number of halogens is 1. The molecule has 1 nitrogen and oxygen atoms in total. The van der Waals surface area contributed by atoms with Crippen LogP contribution in [0.15, 0.2) is 18.2 Å². The van der Waals surface area contributed by atoms with E-state index in [9.17, 15) is 9.18 Å². The fourth-order valence-corrected chi connectivity index (χ4v) is 1.36. The van der Waals surface area contributed by atoms with Crippen molar-refractivity contribution in [1.82, 2.24) is 0 Å². The molecule has 1 rings (SSSR count). The van der Waals surface area contributed by atoms with Gasteiger partial charge in [0.25, 0.3) is 0 Å². The number of hydrogen-bond acceptors (Lipinski definition) is 1. The summed E-state index contributed by atoms with van der Waals surface area (Å²) in [6, 6.07) is 4.74. The zero-order chi connectivity index (χ0) is 11.6. The topological polar surface area (TPSA) is 17.1 Å². The Kier molecular flexibility index (Phi) is 3.28. The molecule has 0 N–H and O–H groups in total. The molecule has 0 aromatic heterocycles. The number of hydrogen-bond donors (Lipinski definition) is 0. The fourth-order valence-electron chi connectivity index (χ4n) is 1.36. The summed E-state index contributed by atoms with van der Waals surface area (Å²) in [6.45, 7) is 7.46. The van der Waals surface area contributed by atoms with E-state index in [-0.39, 0.29) is 17.0 Å². The minimum Gasteiger partial charge on any atom is -0.299 e. The Morgan fingerprint density at radius 2 is 1.87 bits per heavy atom. The standard InChI is InChI=1S/C13H17FO/c1-9-5-10(7-11(14)6-9)8-12(15)13(2,3)4/h5-7H,8H2,1-4H3. The normalized spacial score (nSPS) is 11.5. The van der Waals surface area contributed by atoms with Gasteiger partial charge < -0.3 is 0 Å². The van der Waals surface area contributed by atoms with Crippen molar-refractivity contribution < 1.29 is 9.18 Å². The van der Waals surface area contributed by atoms with Crippen molar-refractivity contribution in [2.45, 2.75) is 34.1 Å². The van der Waals surface area contributed by atoms with Gasteiger partial charge in [-0.2, -0.15) is 0 Å². The number of carbonyl (C=O) groups excluding carboxylic acids is 1. The quantitative estimate of drug-likeness (QED) is 0.728. The first-order valence-corrected chi connectivity index (χ1v) is 5.08. The predicted octanol–water partition coefficient (Wildman–Crippen LogP) is 3.29. The first-order chi connectivity index (χ1) is 6.79. The maximum absolute atomic E-state index is 13.1. The van der Waals surface area contributed by atoms with Crippen LogP contribution in [0.25, 0.3) is 0 Å². The van der Waals surface area contributed by atoms with Crippen LogP contribution in [-0.2, 0) is 11.2 Å². The third-order valence-corrected chi connectivity index (χ3v) is 2.30. The van der Waals surface area contributed by atoms with E-state index >= 15 is 0 Å². The molecule has 82 valence electrons. The van der Waals surface area contributed by atoms with Crippen LogP contribution in [0.4, 0.5) is 4.39 Å². The lowest BCUT2D eigenvalue weighted by Crippen LogP contribution is -2.22. The number of aryl methyl sites for hydroxylation is 1. The van der Waals surface area contributed by atoms with Crippen molar-refractivity contribution in [2.24, 2.45) is 5.41 Å². The van der Waals surface area contributed by atoms with Crippen LogP contribution in [-0.4, -0.2) is 5.78 Å². The molecule has 0 saturated heterocycles. The van der Waals surface area contributed by atoms with Gasteiger partial charge in [-0.15, -0.1) is 0 Å². The third kappa shape index (κ3) is 3.46. The molecule has 0 aliphatic rings. The Labute approximate surface area is 90.3 Å². The molecule has 1 aromatic rings. The van der Waals surface area contributed by atoms with Crippen LogP contribution in [0, 0.1) is 18.2 Å². The van der Waals surface area contributed by atoms with Crippen LogP contribution in [0.3, 0.4) is 0 Å². The lowest BCUT2D eigenvalue weighted by atomic mass is 9.87. The van der Waals surface area contributed by atoms with Crippen LogP contribution in [0.1, 0.15) is 31.9 Å². The van der Waals surface area contributed by atoms with Gasteiger partial charge in [0, 0.05) is 11.8 Å². The van der Waals surface area contributed by atoms with Crippen molar-refractivity contribution in [1.29, 1.82) is 0 Å². The van der Waals surface area contributed by atoms with Crippen molar-refractivity contribution in [3.05, 3.63) is 35.1 Å². The summed E-state index contributed by atoms with van der Waals surface area (Å²) in [5.41, 5.74) is 1.25. The van der Waals surface area contributed by atoms with E-state index in [2.05, 4.69) is 0 Å². The molecule has 0 atom stereocenters. The van der Waals surface area contributed by atoms with Gasteiger partial charge in [0.1, 0.15) is 11.6 Å². The lowest BCUT2D eigenvalue weighted by Gasteiger charge is -2.16. The number of carbonyl (C=O) groups is 1. The van der Waals surface area contributed by atoms with Crippen LogP contribution in [0.2, 0.25) is 0 Å². The molecule has 0 aliphatic carbocycles. The van der Waals surface area contributed by atoms with Crippen LogP contribution < -0.4 is 0 Å². The molecule has 0 unspecified atom stereocenters. The molecule has 0 aliphatic heterocycles. The highest BCUT2D eigenvalue weighted by Gasteiger charge is 2.21. The Balaban J connectivity index is 2.86. The highest BCUT2D eigenvalue weighted by molar-refractivity contribution is 5.85. The van der Waals surface area contributed by atoms with Crippen molar-refractivity contribution >= 4 is 5.78 Å². The molecular weight excluding hydrogens is 191 g/mol. The highest BCUT2D eigenvalue weighted by atomic mass is 19.1. The summed E-state index contributed by atoms with van der Waals surface area (Å²) < 4.78 is 13.1. The second-order valence-corrected chi connectivity index (χ2v) is 4.99. The first kappa shape index (κ1) is 11.9. The molecule has 0 amide bonds. The predicted molar refractivity (Wildman–Crippen MR) is 59.3 cm³/mol. The van der Waals surface area contributed by atoms with E-state index in [1.54, 1.807) is 0 Å². The first-order valence-electron chi connectivity index (χ1n) is 5.08. The van der Waals surface area contributed by atoms with Gasteiger partial charge in [0.2, 0.25) is 0 Å². The van der Waals surface area contributed by atoms with E-state index in [4.69, 9.17) is 0 Å². The monoisotopic (exact) mass is 208 g/mol. The molecule has 0 spiro atoms. The average Bonchev–Trinajstić information content (AvgIpc) is 1.99. The molecule has 1 aromatic carbocycles. The molecular formula is C13H17FO. The minimum absolute atomic E-state index is 0.132. The molecule has 0 heterocycles. The maximum atomic E-state index is 13.1. The summed E-state index contributed by atoms with van der Waals surface area (Å²) in [5.74, 6) is -0.140. The van der Waals surface area contributed by atoms with Crippen LogP contribution in [0.5, 0.6) is 0 Å². The van der Waals surface area contributed by atoms with E-state index < -0.39 is 0 Å². The summed E-state index contributed by atoms with van der Waals surface area (Å²) in [5, 5.41) is 0. The fraction of sp³-hybridized carbons (Fsp3) is 0.462. The Morgan fingerprint density at radius 3 is 2.33 bits per heavy atom. The van der Waals surface area contributed by atoms with E-state index in [1.807, 2.05) is 33.8 Å². The smallest absolute Gasteiger partial charge is 0.142 e. The lowest BCUT2D eigenvalue weighted by molar-refractivity contribution is -0.125. The van der Waals surface area contributed by atoms with Crippen LogP contribution >= 0.6 is 0 Å². The minimum atomic E-state index is -0.361. The van der Waals surface area contributed by atoms with Gasteiger partial charge in [-0.25, -0.2) is 4.39 Å². The van der Waals surface area contributed by atoms with Gasteiger partial charge in [-0.1, -0.05) is 26.8 Å². The van der Waals surface area contributed by atoms with Gasteiger partial charge in [-0.05, 0) is 30.2 Å². The zero-order valence-electron chi connectivity index (χ0n) is 9.73. The summed E-state index contributed by atoms with van der Waals surface area (Å²) in [4.78, 5) is 11.7. The van der Waals surface area contributed by atoms with Gasteiger partial charge in [0.05, 0.1) is 0 Å². The summed E-state index contributed by atoms with van der Waals surface area (Å²) in [6.07, 6.45) is 0.308. The molecule has 0 bridgehead atoms. The largest absolute Gasteiger partial charge is 0.299 e. The second kappa shape index (κ2) is 4.13. The molecule has 0 saturated carbocycles. The van der Waals surface area contributed by atoms with Gasteiger partial charge in [0.15, 0.2) is 0 Å². The number of Topliss-reactive ketones (excluding diaryl/α,β-unsaturated/α-hetero) is 1. The summed E-state index contributed by atoms with van der Waals surface area (Å²) in [7, 11) is 0. The average molecular weight is 208 g/mol. The van der Waals surface area contributed by atoms with E-state index in [1.165, 1.54) is 12.1 Å². The zero-order valence-corrected chi connectivity index (χ0v) is 9.73.